The second-order valence-corrected chi connectivity index (χ2v) is 7.19. The van der Waals surface area contributed by atoms with Crippen molar-refractivity contribution in [2.45, 2.75) is 51.7 Å². The van der Waals surface area contributed by atoms with Crippen LogP contribution in [-0.4, -0.2) is 35.8 Å². The molecule has 0 bridgehead atoms. The van der Waals surface area contributed by atoms with E-state index in [1.54, 1.807) is 0 Å². The first kappa shape index (κ1) is 16.6. The average Bonchev–Trinajstić information content (AvgIpc) is 2.95. The molecule has 6 nitrogen and oxygen atoms in total. The molecule has 2 heterocycles. The summed E-state index contributed by atoms with van der Waals surface area (Å²) in [5.74, 6) is 0. The Labute approximate surface area is 142 Å². The molecular formula is C18H25N3O3. The number of hydrogen-bond donors (Lipinski definition) is 1. The highest BCUT2D eigenvalue weighted by Gasteiger charge is 2.27. The van der Waals surface area contributed by atoms with Crippen LogP contribution in [0.2, 0.25) is 0 Å². The van der Waals surface area contributed by atoms with Crippen LogP contribution >= 0.6 is 0 Å². The van der Waals surface area contributed by atoms with Gasteiger partial charge >= 0.3 is 6.09 Å². The highest BCUT2D eigenvalue weighted by Crippen LogP contribution is 2.27. The molecule has 24 heavy (non-hydrogen) atoms. The summed E-state index contributed by atoms with van der Waals surface area (Å²) in [6.45, 7) is 6.98. The molecule has 0 spiro atoms. The number of fused-ring (bicyclic) bond motifs is 1. The number of alkyl carbamates (subject to hydrolysis) is 1. The van der Waals surface area contributed by atoms with Crippen LogP contribution in [0.4, 0.5) is 10.8 Å². The van der Waals surface area contributed by atoms with Crippen LogP contribution in [0, 0.1) is 0 Å². The number of carbonyl (C=O) groups is 1. The van der Waals surface area contributed by atoms with Gasteiger partial charge in [0.2, 0.25) is 0 Å². The van der Waals surface area contributed by atoms with Crippen molar-refractivity contribution < 1.29 is 13.9 Å². The summed E-state index contributed by atoms with van der Waals surface area (Å²) < 4.78 is 11.2. The van der Waals surface area contributed by atoms with E-state index in [0.29, 0.717) is 12.6 Å². The predicted octanol–water partition coefficient (Wildman–Crippen LogP) is 3.71. The summed E-state index contributed by atoms with van der Waals surface area (Å²) in [5, 5.41) is 2.87. The van der Waals surface area contributed by atoms with Gasteiger partial charge in [0.1, 0.15) is 11.1 Å². The molecule has 0 saturated carbocycles. The molecule has 1 amide bonds. The van der Waals surface area contributed by atoms with Crippen molar-refractivity contribution in [2.75, 3.05) is 18.0 Å². The Kier molecular flexibility index (Phi) is 4.64. The predicted molar refractivity (Wildman–Crippen MR) is 93.2 cm³/mol. The summed E-state index contributed by atoms with van der Waals surface area (Å²) in [4.78, 5) is 18.6. The van der Waals surface area contributed by atoms with Crippen molar-refractivity contribution in [1.29, 1.82) is 0 Å². The quantitative estimate of drug-likeness (QED) is 0.928. The monoisotopic (exact) mass is 331 g/mol. The van der Waals surface area contributed by atoms with E-state index in [1.165, 1.54) is 0 Å². The van der Waals surface area contributed by atoms with Crippen molar-refractivity contribution in [3.63, 3.8) is 0 Å². The third-order valence-corrected chi connectivity index (χ3v) is 4.04. The van der Waals surface area contributed by atoms with E-state index in [1.807, 2.05) is 45.0 Å². The number of aromatic nitrogens is 1. The number of piperidine rings is 1. The van der Waals surface area contributed by atoms with Gasteiger partial charge < -0.3 is 19.4 Å². The zero-order valence-corrected chi connectivity index (χ0v) is 14.5. The van der Waals surface area contributed by atoms with Gasteiger partial charge in [0, 0.05) is 13.1 Å². The van der Waals surface area contributed by atoms with Crippen molar-refractivity contribution >= 4 is 23.2 Å². The molecule has 130 valence electrons. The average molecular weight is 331 g/mol. The number of para-hydroxylation sites is 2. The van der Waals surface area contributed by atoms with Crippen LogP contribution < -0.4 is 10.2 Å². The normalized spacial score (nSPS) is 18.6. The Morgan fingerprint density at radius 1 is 1.38 bits per heavy atom. The number of carbonyl (C=O) groups excluding carboxylic acids is 1. The molecule has 0 radical (unpaired) electrons. The van der Waals surface area contributed by atoms with E-state index in [2.05, 4.69) is 15.2 Å². The molecule has 1 aromatic carbocycles. The van der Waals surface area contributed by atoms with E-state index < -0.39 is 5.60 Å². The summed E-state index contributed by atoms with van der Waals surface area (Å²) in [7, 11) is 0. The number of anilines is 1. The summed E-state index contributed by atoms with van der Waals surface area (Å²) in [6.07, 6.45) is 2.85. The molecule has 1 aromatic heterocycles. The van der Waals surface area contributed by atoms with Crippen LogP contribution in [0.5, 0.6) is 0 Å². The second kappa shape index (κ2) is 6.71. The Balaban J connectivity index is 1.68. The number of hydrogen-bond acceptors (Lipinski definition) is 5. The molecule has 1 fully saturated rings. The number of nitrogens with one attached hydrogen (secondary N) is 1. The first-order valence-electron chi connectivity index (χ1n) is 8.51. The molecule has 1 aliphatic rings. The van der Waals surface area contributed by atoms with Gasteiger partial charge in [0.25, 0.3) is 6.01 Å². The highest BCUT2D eigenvalue weighted by molar-refractivity contribution is 5.74. The lowest BCUT2D eigenvalue weighted by atomic mass is 10.0. The number of amides is 1. The molecule has 6 heteroatoms. The first-order chi connectivity index (χ1) is 11.4. The van der Waals surface area contributed by atoms with Crippen LogP contribution in [0.25, 0.3) is 11.1 Å². The molecule has 3 rings (SSSR count). The summed E-state index contributed by atoms with van der Waals surface area (Å²) in [6, 6.07) is 8.55. The molecule has 2 aromatic rings. The SMILES string of the molecule is CC(C)(C)OC(=O)NCC1CCCCN1c1nc2ccccc2o1. The molecular weight excluding hydrogens is 306 g/mol. The number of oxazole rings is 1. The van der Waals surface area contributed by atoms with E-state index in [4.69, 9.17) is 9.15 Å². The van der Waals surface area contributed by atoms with Gasteiger partial charge in [-0.05, 0) is 52.2 Å². The fourth-order valence-electron chi connectivity index (χ4n) is 2.96. The van der Waals surface area contributed by atoms with Gasteiger partial charge in [-0.3, -0.25) is 0 Å². The minimum Gasteiger partial charge on any atom is -0.444 e. The molecule has 1 aliphatic heterocycles. The number of benzene rings is 1. The topological polar surface area (TPSA) is 67.6 Å². The van der Waals surface area contributed by atoms with Crippen LogP contribution in [-0.2, 0) is 4.74 Å². The standard InChI is InChI=1S/C18H25N3O3/c1-18(2,3)24-17(22)19-12-13-8-6-7-11-21(13)16-20-14-9-4-5-10-15(14)23-16/h4-5,9-10,13H,6-8,11-12H2,1-3H3,(H,19,22). The Bertz CT molecular complexity index is 672. The minimum absolute atomic E-state index is 0.166. The molecule has 1 N–H and O–H groups in total. The zero-order chi connectivity index (χ0) is 17.2. The minimum atomic E-state index is -0.489. The van der Waals surface area contributed by atoms with E-state index in [9.17, 15) is 4.79 Å². The van der Waals surface area contributed by atoms with Crippen LogP contribution in [0.15, 0.2) is 28.7 Å². The van der Waals surface area contributed by atoms with Crippen LogP contribution in [0.3, 0.4) is 0 Å². The molecule has 0 aliphatic carbocycles. The first-order valence-corrected chi connectivity index (χ1v) is 8.51. The van der Waals surface area contributed by atoms with Crippen molar-refractivity contribution in [2.24, 2.45) is 0 Å². The highest BCUT2D eigenvalue weighted by atomic mass is 16.6. The maximum atomic E-state index is 11.9. The third kappa shape index (κ3) is 3.99. The van der Waals surface area contributed by atoms with Gasteiger partial charge in [0.05, 0.1) is 6.04 Å². The van der Waals surface area contributed by atoms with Gasteiger partial charge in [-0.2, -0.15) is 4.98 Å². The summed E-state index contributed by atoms with van der Waals surface area (Å²) >= 11 is 0. The van der Waals surface area contributed by atoms with Crippen molar-refractivity contribution in [3.8, 4) is 0 Å². The lowest BCUT2D eigenvalue weighted by molar-refractivity contribution is 0.0522. The lowest BCUT2D eigenvalue weighted by Gasteiger charge is -2.34. The van der Waals surface area contributed by atoms with Gasteiger partial charge in [-0.1, -0.05) is 12.1 Å². The number of nitrogens with zero attached hydrogens (tertiary/aromatic N) is 2. The smallest absolute Gasteiger partial charge is 0.407 e. The van der Waals surface area contributed by atoms with Crippen LogP contribution in [0.1, 0.15) is 40.0 Å². The van der Waals surface area contributed by atoms with E-state index in [0.717, 1.165) is 36.9 Å². The van der Waals surface area contributed by atoms with E-state index >= 15 is 0 Å². The fraction of sp³-hybridized carbons (Fsp3) is 0.556. The third-order valence-electron chi connectivity index (χ3n) is 4.04. The maximum Gasteiger partial charge on any atom is 0.407 e. The Morgan fingerprint density at radius 3 is 2.92 bits per heavy atom. The lowest BCUT2D eigenvalue weighted by Crippen LogP contribution is -2.47. The number of rotatable bonds is 3. The zero-order valence-electron chi connectivity index (χ0n) is 14.5. The van der Waals surface area contributed by atoms with Crippen molar-refractivity contribution in [1.82, 2.24) is 10.3 Å². The second-order valence-electron chi connectivity index (χ2n) is 7.19. The molecule has 1 unspecified atom stereocenters. The number of ether oxygens (including phenoxy) is 1. The van der Waals surface area contributed by atoms with E-state index in [-0.39, 0.29) is 12.1 Å². The molecule has 1 atom stereocenters. The van der Waals surface area contributed by atoms with Crippen molar-refractivity contribution in [3.05, 3.63) is 24.3 Å². The largest absolute Gasteiger partial charge is 0.444 e. The molecule has 1 saturated heterocycles. The maximum absolute atomic E-state index is 11.9. The summed E-state index contributed by atoms with van der Waals surface area (Å²) in [5.41, 5.74) is 1.16. The Morgan fingerprint density at radius 2 is 2.17 bits per heavy atom. The van der Waals surface area contributed by atoms with Gasteiger partial charge in [-0.15, -0.1) is 0 Å². The van der Waals surface area contributed by atoms with Gasteiger partial charge in [-0.25, -0.2) is 4.79 Å². The van der Waals surface area contributed by atoms with Gasteiger partial charge in [0.15, 0.2) is 5.58 Å². The Hall–Kier alpha value is -2.24. The fourth-order valence-corrected chi connectivity index (χ4v) is 2.96.